The van der Waals surface area contributed by atoms with Gasteiger partial charge in [0.05, 0.1) is 24.3 Å². The Morgan fingerprint density at radius 2 is 1.74 bits per heavy atom. The predicted octanol–water partition coefficient (Wildman–Crippen LogP) is 4.47. The number of carboxylic acid groups (broad SMARTS) is 1. The first-order valence-corrected chi connectivity index (χ1v) is 9.94. The third kappa shape index (κ3) is 4.21. The van der Waals surface area contributed by atoms with Crippen LogP contribution >= 0.6 is 0 Å². The van der Waals surface area contributed by atoms with Crippen molar-refractivity contribution in [1.29, 1.82) is 0 Å². The van der Waals surface area contributed by atoms with Gasteiger partial charge in [-0.1, -0.05) is 48.0 Å². The first kappa shape index (κ1) is 20.4. The minimum atomic E-state index is -1.23. The van der Waals surface area contributed by atoms with E-state index in [-0.39, 0.29) is 5.56 Å². The molecule has 0 N–H and O–H groups in total. The van der Waals surface area contributed by atoms with Gasteiger partial charge in [0, 0.05) is 16.5 Å². The molecule has 0 saturated carbocycles. The van der Waals surface area contributed by atoms with E-state index in [1.54, 1.807) is 25.3 Å². The zero-order valence-corrected chi connectivity index (χ0v) is 17.6. The number of carbonyl (C=O) groups excluding carboxylic acids is 1. The maximum atomic E-state index is 11.7. The number of para-hydroxylation sites is 1. The van der Waals surface area contributed by atoms with E-state index >= 15 is 0 Å². The summed E-state index contributed by atoms with van der Waals surface area (Å²) in [6.45, 7) is 4.36. The summed E-state index contributed by atoms with van der Waals surface area (Å²) in [6.07, 6.45) is 0. The van der Waals surface area contributed by atoms with Crippen molar-refractivity contribution in [2.45, 2.75) is 20.5 Å². The molecule has 0 amide bonds. The summed E-state index contributed by atoms with van der Waals surface area (Å²) in [6, 6.07) is 20.6. The van der Waals surface area contributed by atoms with E-state index in [0.29, 0.717) is 34.7 Å². The second-order valence-electron chi connectivity index (χ2n) is 7.45. The minimum absolute atomic E-state index is 0.113. The van der Waals surface area contributed by atoms with E-state index in [2.05, 4.69) is 0 Å². The molecule has 1 heterocycles. The number of aromatic carboxylic acids is 1. The van der Waals surface area contributed by atoms with Crippen LogP contribution in [0.2, 0.25) is 0 Å². The van der Waals surface area contributed by atoms with Crippen LogP contribution in [0.15, 0.2) is 66.7 Å². The fourth-order valence-electron chi connectivity index (χ4n) is 3.50. The van der Waals surface area contributed by atoms with E-state index in [9.17, 15) is 9.90 Å². The first-order chi connectivity index (χ1) is 15.0. The monoisotopic (exact) mass is 412 g/mol. The topological polar surface area (TPSA) is 71.5 Å². The first-order valence-electron chi connectivity index (χ1n) is 9.94. The Bertz CT molecular complexity index is 1260. The van der Waals surface area contributed by atoms with Crippen LogP contribution in [0, 0.1) is 13.8 Å². The molecule has 3 aromatic carbocycles. The van der Waals surface area contributed by atoms with Crippen molar-refractivity contribution < 1.29 is 19.4 Å². The summed E-state index contributed by atoms with van der Waals surface area (Å²) in [5.74, 6) is -0.0838. The molecule has 0 saturated heterocycles. The van der Waals surface area contributed by atoms with Gasteiger partial charge in [0.2, 0.25) is 0 Å². The van der Waals surface area contributed by atoms with Crippen LogP contribution in [0.5, 0.6) is 11.5 Å². The molecule has 0 unspecified atom stereocenters. The van der Waals surface area contributed by atoms with Crippen LogP contribution in [-0.4, -0.2) is 18.1 Å². The molecule has 0 aliphatic rings. The summed E-state index contributed by atoms with van der Waals surface area (Å²) in [7, 11) is 1.57. The highest BCUT2D eigenvalue weighted by atomic mass is 16.5. The number of nitrogens with zero attached hydrogens (tertiary/aromatic N) is 1. The number of aryl methyl sites for hydroxylation is 2. The van der Waals surface area contributed by atoms with Crippen molar-refractivity contribution in [2.24, 2.45) is 0 Å². The molecule has 1 aromatic heterocycles. The number of hydrogen-bond donors (Lipinski definition) is 0. The van der Waals surface area contributed by atoms with Gasteiger partial charge in [0.1, 0.15) is 6.61 Å². The summed E-state index contributed by atoms with van der Waals surface area (Å²) < 4.78 is 11.5. The Hall–Kier alpha value is -3.86. The van der Waals surface area contributed by atoms with E-state index in [1.165, 1.54) is 5.56 Å². The number of carboxylic acids is 1. The van der Waals surface area contributed by atoms with Gasteiger partial charge in [0.25, 0.3) is 0 Å². The Labute approximate surface area is 180 Å². The standard InChI is InChI=1S/C26H23NO4/c1-16-7-9-18(10-8-16)15-31-23-12-11-19(13-24(23)30-3)22-14-21(26(28)29)20-6-4-5-17(2)25(20)27-22/h4-14H,15H2,1-3H3,(H,28,29)/p-1. The molecule has 4 rings (SSSR count). The molecule has 5 nitrogen and oxygen atoms in total. The van der Waals surface area contributed by atoms with Crippen LogP contribution in [0.25, 0.3) is 22.2 Å². The summed E-state index contributed by atoms with van der Waals surface area (Å²) in [5.41, 5.74) is 5.16. The van der Waals surface area contributed by atoms with Crippen molar-refractivity contribution in [3.8, 4) is 22.8 Å². The number of carbonyl (C=O) groups is 1. The molecule has 0 atom stereocenters. The second-order valence-corrected chi connectivity index (χ2v) is 7.45. The van der Waals surface area contributed by atoms with E-state index in [4.69, 9.17) is 14.5 Å². The lowest BCUT2D eigenvalue weighted by Gasteiger charge is -2.14. The van der Waals surface area contributed by atoms with E-state index < -0.39 is 5.97 Å². The molecular formula is C26H22NO4-. The van der Waals surface area contributed by atoms with Gasteiger partial charge in [-0.05, 0) is 49.2 Å². The number of aromatic nitrogens is 1. The minimum Gasteiger partial charge on any atom is -0.545 e. The van der Waals surface area contributed by atoms with Gasteiger partial charge in [-0.3, -0.25) is 0 Å². The molecular weight excluding hydrogens is 390 g/mol. The fourth-order valence-corrected chi connectivity index (χ4v) is 3.50. The van der Waals surface area contributed by atoms with Crippen molar-refractivity contribution in [2.75, 3.05) is 7.11 Å². The molecule has 156 valence electrons. The van der Waals surface area contributed by atoms with Crippen molar-refractivity contribution in [3.63, 3.8) is 0 Å². The fraction of sp³-hybridized carbons (Fsp3) is 0.154. The van der Waals surface area contributed by atoms with Crippen molar-refractivity contribution in [1.82, 2.24) is 4.98 Å². The van der Waals surface area contributed by atoms with Crippen molar-refractivity contribution >= 4 is 16.9 Å². The lowest BCUT2D eigenvalue weighted by molar-refractivity contribution is -0.254. The quantitative estimate of drug-likeness (QED) is 0.467. The van der Waals surface area contributed by atoms with E-state index in [1.807, 2.05) is 62.4 Å². The lowest BCUT2D eigenvalue weighted by atomic mass is 10.0. The zero-order chi connectivity index (χ0) is 22.0. The average Bonchev–Trinajstić information content (AvgIpc) is 2.78. The number of hydrogen-bond acceptors (Lipinski definition) is 5. The molecule has 0 aliphatic heterocycles. The smallest absolute Gasteiger partial charge is 0.161 e. The number of ether oxygens (including phenoxy) is 2. The van der Waals surface area contributed by atoms with Crippen LogP contribution in [0.1, 0.15) is 27.0 Å². The number of benzene rings is 3. The highest BCUT2D eigenvalue weighted by Gasteiger charge is 2.13. The van der Waals surface area contributed by atoms with Gasteiger partial charge in [-0.2, -0.15) is 0 Å². The normalized spacial score (nSPS) is 10.8. The number of rotatable bonds is 6. The van der Waals surface area contributed by atoms with Crippen LogP contribution in [0.3, 0.4) is 0 Å². The lowest BCUT2D eigenvalue weighted by Crippen LogP contribution is -2.22. The molecule has 0 radical (unpaired) electrons. The largest absolute Gasteiger partial charge is 0.545 e. The van der Waals surface area contributed by atoms with Crippen molar-refractivity contribution in [3.05, 3.63) is 89.0 Å². The van der Waals surface area contributed by atoms with Gasteiger partial charge in [-0.15, -0.1) is 0 Å². The maximum Gasteiger partial charge on any atom is 0.161 e. The van der Waals surface area contributed by atoms with Gasteiger partial charge >= 0.3 is 0 Å². The molecule has 5 heteroatoms. The third-order valence-electron chi connectivity index (χ3n) is 5.24. The Balaban J connectivity index is 1.70. The van der Waals surface area contributed by atoms with Crippen LogP contribution < -0.4 is 14.6 Å². The summed E-state index contributed by atoms with van der Waals surface area (Å²) >= 11 is 0. The third-order valence-corrected chi connectivity index (χ3v) is 5.24. The van der Waals surface area contributed by atoms with E-state index in [0.717, 1.165) is 16.7 Å². The number of methoxy groups -OCH3 is 1. The molecule has 31 heavy (non-hydrogen) atoms. The van der Waals surface area contributed by atoms with Gasteiger partial charge in [-0.25, -0.2) is 4.98 Å². The highest BCUT2D eigenvalue weighted by molar-refractivity contribution is 6.03. The number of pyridine rings is 1. The number of fused-ring (bicyclic) bond motifs is 1. The Kier molecular flexibility index (Phi) is 5.58. The summed E-state index contributed by atoms with van der Waals surface area (Å²) in [5, 5.41) is 12.3. The molecule has 0 bridgehead atoms. The summed E-state index contributed by atoms with van der Waals surface area (Å²) in [4.78, 5) is 16.5. The Morgan fingerprint density at radius 3 is 2.45 bits per heavy atom. The predicted molar refractivity (Wildman–Crippen MR) is 118 cm³/mol. The molecule has 0 aliphatic carbocycles. The Morgan fingerprint density at radius 1 is 0.968 bits per heavy atom. The molecule has 0 spiro atoms. The molecule has 0 fully saturated rings. The van der Waals surface area contributed by atoms with Crippen LogP contribution in [-0.2, 0) is 6.61 Å². The molecule has 4 aromatic rings. The van der Waals surface area contributed by atoms with Gasteiger partial charge < -0.3 is 19.4 Å². The highest BCUT2D eigenvalue weighted by Crippen LogP contribution is 2.34. The van der Waals surface area contributed by atoms with Crippen LogP contribution in [0.4, 0.5) is 0 Å². The van der Waals surface area contributed by atoms with Gasteiger partial charge in [0.15, 0.2) is 11.5 Å². The average molecular weight is 412 g/mol. The maximum absolute atomic E-state index is 11.7. The zero-order valence-electron chi connectivity index (χ0n) is 17.6. The SMILES string of the molecule is COc1cc(-c2cc(C(=O)[O-])c3cccc(C)c3n2)ccc1OCc1ccc(C)cc1. The second kappa shape index (κ2) is 8.48.